The number of carbonyl (C=O) groups is 2. The van der Waals surface area contributed by atoms with Gasteiger partial charge in [-0.25, -0.2) is 8.42 Å². The van der Waals surface area contributed by atoms with Crippen LogP contribution in [0.2, 0.25) is 10.0 Å². The van der Waals surface area contributed by atoms with Crippen molar-refractivity contribution in [1.29, 1.82) is 0 Å². The molecule has 11 heteroatoms. The van der Waals surface area contributed by atoms with E-state index in [-0.39, 0.29) is 29.6 Å². The summed E-state index contributed by atoms with van der Waals surface area (Å²) in [5.41, 5.74) is 0.813. The van der Waals surface area contributed by atoms with Gasteiger partial charge in [-0.1, -0.05) is 66.9 Å². The molecule has 0 radical (unpaired) electrons. The minimum absolute atomic E-state index is 0.00279. The summed E-state index contributed by atoms with van der Waals surface area (Å²) in [6, 6.07) is 18.4. The average molecular weight is 621 g/mol. The van der Waals surface area contributed by atoms with Gasteiger partial charge in [0.25, 0.3) is 10.0 Å². The second kappa shape index (κ2) is 15.1. The lowest BCUT2D eigenvalue weighted by atomic mass is 10.1. The third kappa shape index (κ3) is 8.38. The summed E-state index contributed by atoms with van der Waals surface area (Å²) in [6.45, 7) is 5.57. The van der Waals surface area contributed by atoms with Gasteiger partial charge in [-0.15, -0.1) is 0 Å². The van der Waals surface area contributed by atoms with Gasteiger partial charge in [-0.2, -0.15) is 0 Å². The monoisotopic (exact) mass is 619 g/mol. The van der Waals surface area contributed by atoms with Crippen molar-refractivity contribution in [1.82, 2.24) is 10.2 Å². The molecule has 0 aromatic heterocycles. The summed E-state index contributed by atoms with van der Waals surface area (Å²) in [4.78, 5) is 28.4. The van der Waals surface area contributed by atoms with Gasteiger partial charge in [-0.05, 0) is 68.3 Å². The Kier molecular flexibility index (Phi) is 11.9. The fourth-order valence-electron chi connectivity index (χ4n) is 4.12. The zero-order valence-corrected chi connectivity index (χ0v) is 25.7. The van der Waals surface area contributed by atoms with Crippen molar-refractivity contribution in [2.45, 2.75) is 51.1 Å². The number of amides is 2. The summed E-state index contributed by atoms with van der Waals surface area (Å²) in [5.74, 6) is -0.643. The molecule has 2 amide bonds. The Labute approximate surface area is 252 Å². The maximum absolute atomic E-state index is 14.1. The van der Waals surface area contributed by atoms with Crippen molar-refractivity contribution in [3.05, 3.63) is 88.4 Å². The Morgan fingerprint density at radius 2 is 1.61 bits per heavy atom. The number of benzene rings is 3. The zero-order valence-electron chi connectivity index (χ0n) is 23.3. The molecule has 0 heterocycles. The molecule has 220 valence electrons. The van der Waals surface area contributed by atoms with Crippen LogP contribution in [-0.4, -0.2) is 50.9 Å². The quantitative estimate of drug-likeness (QED) is 0.226. The first kappa shape index (κ1) is 32.2. The minimum atomic E-state index is -4.26. The Balaban J connectivity index is 2.06. The molecule has 1 atom stereocenters. The van der Waals surface area contributed by atoms with E-state index >= 15 is 0 Å². The van der Waals surface area contributed by atoms with E-state index in [4.69, 9.17) is 27.9 Å². The number of rotatable bonds is 14. The third-order valence-electron chi connectivity index (χ3n) is 6.41. The molecule has 3 aromatic rings. The van der Waals surface area contributed by atoms with Gasteiger partial charge >= 0.3 is 0 Å². The first-order valence-electron chi connectivity index (χ1n) is 13.4. The van der Waals surface area contributed by atoms with Gasteiger partial charge in [0.1, 0.15) is 18.3 Å². The molecule has 0 saturated carbocycles. The van der Waals surface area contributed by atoms with Gasteiger partial charge in [0, 0.05) is 23.1 Å². The van der Waals surface area contributed by atoms with Crippen molar-refractivity contribution < 1.29 is 22.7 Å². The molecule has 41 heavy (non-hydrogen) atoms. The summed E-state index contributed by atoms with van der Waals surface area (Å²) in [6.07, 6.45) is 1.69. The van der Waals surface area contributed by atoms with Crippen LogP contribution >= 0.6 is 23.2 Å². The molecule has 8 nitrogen and oxygen atoms in total. The van der Waals surface area contributed by atoms with Crippen LogP contribution in [0.3, 0.4) is 0 Å². The number of anilines is 1. The maximum atomic E-state index is 14.1. The van der Waals surface area contributed by atoms with E-state index in [9.17, 15) is 18.0 Å². The van der Waals surface area contributed by atoms with Crippen LogP contribution in [0.1, 0.15) is 39.2 Å². The molecule has 0 fully saturated rings. The SMILES string of the molecule is CCCCNC(=O)[C@H](C)N(Cc1ccccc1Cl)C(=O)CN(c1ccccc1OCC)S(=O)(=O)c1ccc(Cl)cc1. The van der Waals surface area contributed by atoms with Crippen LogP contribution in [-0.2, 0) is 26.2 Å². The Hall–Kier alpha value is -3.27. The number of unbranched alkanes of at least 4 members (excludes halogenated alkanes) is 1. The molecule has 1 N–H and O–H groups in total. The lowest BCUT2D eigenvalue weighted by molar-refractivity contribution is -0.139. The summed E-state index contributed by atoms with van der Waals surface area (Å²) >= 11 is 12.4. The lowest BCUT2D eigenvalue weighted by Gasteiger charge is -2.32. The van der Waals surface area contributed by atoms with Gasteiger partial charge in [0.05, 0.1) is 17.2 Å². The fraction of sp³-hybridized carbons (Fsp3) is 0.333. The molecule has 0 spiro atoms. The molecule has 0 aliphatic carbocycles. The second-order valence-electron chi connectivity index (χ2n) is 9.30. The molecule has 0 unspecified atom stereocenters. The van der Waals surface area contributed by atoms with Crippen LogP contribution in [0.25, 0.3) is 0 Å². The number of sulfonamides is 1. The van der Waals surface area contributed by atoms with E-state index in [2.05, 4.69) is 5.32 Å². The maximum Gasteiger partial charge on any atom is 0.264 e. The zero-order chi connectivity index (χ0) is 30.0. The number of nitrogens with zero attached hydrogens (tertiary/aromatic N) is 2. The number of para-hydroxylation sites is 2. The van der Waals surface area contributed by atoms with Crippen molar-refractivity contribution in [3.63, 3.8) is 0 Å². The van der Waals surface area contributed by atoms with Crippen LogP contribution in [0.5, 0.6) is 5.75 Å². The molecule has 3 rings (SSSR count). The first-order valence-corrected chi connectivity index (χ1v) is 15.6. The van der Waals surface area contributed by atoms with Crippen molar-refractivity contribution in [3.8, 4) is 5.75 Å². The predicted molar refractivity (Wildman–Crippen MR) is 163 cm³/mol. The second-order valence-corrected chi connectivity index (χ2v) is 12.0. The van der Waals surface area contributed by atoms with Crippen LogP contribution in [0.15, 0.2) is 77.7 Å². The highest BCUT2D eigenvalue weighted by Gasteiger charge is 2.34. The largest absolute Gasteiger partial charge is 0.492 e. The molecular formula is C30H35Cl2N3O5S. The molecule has 0 aliphatic heterocycles. The van der Waals surface area contributed by atoms with E-state index in [0.717, 1.165) is 17.1 Å². The number of halogens is 2. The van der Waals surface area contributed by atoms with Crippen LogP contribution in [0.4, 0.5) is 5.69 Å². The smallest absolute Gasteiger partial charge is 0.264 e. The van der Waals surface area contributed by atoms with Crippen molar-refractivity contribution in [2.75, 3.05) is 24.0 Å². The van der Waals surface area contributed by atoms with E-state index < -0.39 is 28.5 Å². The average Bonchev–Trinajstić information content (AvgIpc) is 2.96. The Bertz CT molecular complexity index is 1430. The third-order valence-corrected chi connectivity index (χ3v) is 8.80. The van der Waals surface area contributed by atoms with Gasteiger partial charge < -0.3 is 15.0 Å². The van der Waals surface area contributed by atoms with Crippen LogP contribution in [0, 0.1) is 0 Å². The molecule has 3 aromatic carbocycles. The molecule has 0 aliphatic rings. The predicted octanol–water partition coefficient (Wildman–Crippen LogP) is 5.92. The van der Waals surface area contributed by atoms with E-state index in [1.165, 1.54) is 29.2 Å². The Morgan fingerprint density at radius 1 is 0.951 bits per heavy atom. The normalized spacial score (nSPS) is 11.9. The molecule has 0 bridgehead atoms. The summed E-state index contributed by atoms with van der Waals surface area (Å²) < 4.78 is 34.7. The lowest BCUT2D eigenvalue weighted by Crippen LogP contribution is -2.51. The van der Waals surface area contributed by atoms with E-state index in [1.807, 2.05) is 6.92 Å². The highest BCUT2D eigenvalue weighted by molar-refractivity contribution is 7.92. The summed E-state index contributed by atoms with van der Waals surface area (Å²) in [5, 5.41) is 3.66. The minimum Gasteiger partial charge on any atom is -0.492 e. The topological polar surface area (TPSA) is 96.0 Å². The van der Waals surface area contributed by atoms with Gasteiger partial charge in [0.2, 0.25) is 11.8 Å². The summed E-state index contributed by atoms with van der Waals surface area (Å²) in [7, 11) is -4.26. The number of hydrogen-bond acceptors (Lipinski definition) is 5. The molecule has 0 saturated heterocycles. The highest BCUT2D eigenvalue weighted by atomic mass is 35.5. The number of carbonyl (C=O) groups excluding carboxylic acids is 2. The van der Waals surface area contributed by atoms with E-state index in [0.29, 0.717) is 27.9 Å². The highest BCUT2D eigenvalue weighted by Crippen LogP contribution is 2.33. The Morgan fingerprint density at radius 3 is 2.27 bits per heavy atom. The van der Waals surface area contributed by atoms with Gasteiger partial charge in [-0.3, -0.25) is 13.9 Å². The van der Waals surface area contributed by atoms with Crippen LogP contribution < -0.4 is 14.4 Å². The first-order chi connectivity index (χ1) is 19.6. The fourth-order valence-corrected chi connectivity index (χ4v) is 5.86. The standard InChI is InChI=1S/C30H35Cl2N3O5S/c1-4-6-19-33-30(37)22(3)34(20-23-11-7-8-12-26(23)32)29(36)21-35(27-13-9-10-14-28(27)40-5-2)41(38,39)25-17-15-24(31)16-18-25/h7-18,22H,4-6,19-21H2,1-3H3,(H,33,37)/t22-/m0/s1. The number of hydrogen-bond donors (Lipinski definition) is 1. The van der Waals surface area contributed by atoms with Gasteiger partial charge in [0.15, 0.2) is 0 Å². The van der Waals surface area contributed by atoms with Crippen molar-refractivity contribution >= 4 is 50.7 Å². The molecular weight excluding hydrogens is 585 g/mol. The number of ether oxygens (including phenoxy) is 1. The number of nitrogens with one attached hydrogen (secondary N) is 1. The van der Waals surface area contributed by atoms with E-state index in [1.54, 1.807) is 62.4 Å². The van der Waals surface area contributed by atoms with Crippen molar-refractivity contribution in [2.24, 2.45) is 0 Å².